The van der Waals surface area contributed by atoms with Crippen molar-refractivity contribution in [1.82, 2.24) is 15.1 Å². The molecular weight excluding hydrogens is 292 g/mol. The number of aliphatic hydroxyl groups excluding tert-OH is 2. The highest BCUT2D eigenvalue weighted by molar-refractivity contribution is 6.03. The zero-order valence-corrected chi connectivity index (χ0v) is 12.9. The van der Waals surface area contributed by atoms with Gasteiger partial charge in [-0.3, -0.25) is 15.0 Å². The van der Waals surface area contributed by atoms with Gasteiger partial charge in [0.2, 0.25) is 11.9 Å². The van der Waals surface area contributed by atoms with Crippen LogP contribution in [0.1, 0.15) is 20.3 Å². The summed E-state index contributed by atoms with van der Waals surface area (Å²) in [6.07, 6.45) is -1.95. The van der Waals surface area contributed by atoms with Crippen LogP contribution in [0.5, 0.6) is 0 Å². The molecule has 124 valence electrons. The van der Waals surface area contributed by atoms with E-state index in [1.165, 1.54) is 4.90 Å². The molecule has 2 aliphatic rings. The second-order valence-corrected chi connectivity index (χ2v) is 5.79. The van der Waals surface area contributed by atoms with E-state index in [1.807, 2.05) is 0 Å². The summed E-state index contributed by atoms with van der Waals surface area (Å²) in [5.74, 6) is -0.250. The third-order valence-corrected chi connectivity index (χ3v) is 3.66. The van der Waals surface area contributed by atoms with Crippen LogP contribution in [0.4, 0.5) is 4.79 Å². The van der Waals surface area contributed by atoms with Crippen molar-refractivity contribution in [3.05, 3.63) is 0 Å². The van der Waals surface area contributed by atoms with Crippen molar-refractivity contribution in [2.24, 2.45) is 10.9 Å². The summed E-state index contributed by atoms with van der Waals surface area (Å²) in [6, 6.07) is -0.548. The summed E-state index contributed by atoms with van der Waals surface area (Å²) >= 11 is 0. The van der Waals surface area contributed by atoms with Crippen molar-refractivity contribution in [1.29, 1.82) is 0 Å². The maximum absolute atomic E-state index is 12.1. The van der Waals surface area contributed by atoms with Gasteiger partial charge in [-0.25, -0.2) is 4.79 Å². The Kier molecular flexibility index (Phi) is 4.99. The highest BCUT2D eigenvalue weighted by Crippen LogP contribution is 2.25. The summed E-state index contributed by atoms with van der Waals surface area (Å²) in [4.78, 5) is 30.7. The lowest BCUT2D eigenvalue weighted by atomic mass is 10.2. The number of carbonyl (C=O) groups excluding carboxylic acids is 2. The molecule has 0 aliphatic carbocycles. The van der Waals surface area contributed by atoms with E-state index in [0.29, 0.717) is 0 Å². The average molecular weight is 314 g/mol. The molecule has 9 nitrogen and oxygen atoms in total. The molecule has 0 aromatic carbocycles. The number of ether oxygens (including phenoxy) is 1. The van der Waals surface area contributed by atoms with E-state index < -0.39 is 24.5 Å². The molecule has 0 aromatic rings. The van der Waals surface area contributed by atoms with E-state index in [1.54, 1.807) is 25.8 Å². The minimum Gasteiger partial charge on any atom is -0.394 e. The lowest BCUT2D eigenvalue weighted by molar-refractivity contribution is -0.122. The van der Waals surface area contributed by atoms with E-state index in [2.05, 4.69) is 10.3 Å². The van der Waals surface area contributed by atoms with Crippen LogP contribution in [0.15, 0.2) is 4.99 Å². The number of nitrogens with one attached hydrogen (secondary N) is 1. The van der Waals surface area contributed by atoms with Crippen LogP contribution in [0.3, 0.4) is 0 Å². The van der Waals surface area contributed by atoms with Gasteiger partial charge in [0.15, 0.2) is 0 Å². The Balaban J connectivity index is 2.05. The molecule has 2 heterocycles. The van der Waals surface area contributed by atoms with E-state index in [4.69, 9.17) is 9.84 Å². The molecule has 1 saturated heterocycles. The molecule has 2 rings (SSSR count). The molecule has 3 amide bonds. The molecule has 0 aromatic heterocycles. The van der Waals surface area contributed by atoms with Crippen molar-refractivity contribution in [3.8, 4) is 0 Å². The summed E-state index contributed by atoms with van der Waals surface area (Å²) in [6.45, 7) is 3.35. The van der Waals surface area contributed by atoms with Crippen LogP contribution in [0.25, 0.3) is 0 Å². The largest absolute Gasteiger partial charge is 0.394 e. The summed E-state index contributed by atoms with van der Waals surface area (Å²) in [7, 11) is 1.69. The van der Waals surface area contributed by atoms with Gasteiger partial charge >= 0.3 is 6.03 Å². The Bertz CT molecular complexity index is 481. The van der Waals surface area contributed by atoms with E-state index >= 15 is 0 Å². The van der Waals surface area contributed by atoms with E-state index in [9.17, 15) is 14.7 Å². The molecule has 9 heteroatoms. The smallest absolute Gasteiger partial charge is 0.350 e. The lowest BCUT2D eigenvalue weighted by Gasteiger charge is -2.36. The molecule has 22 heavy (non-hydrogen) atoms. The minimum atomic E-state index is -0.820. The molecule has 0 radical (unpaired) electrons. The van der Waals surface area contributed by atoms with Gasteiger partial charge in [0.05, 0.1) is 19.4 Å². The lowest BCUT2D eigenvalue weighted by Crippen LogP contribution is -2.55. The number of aliphatic imine (C=N–C) groups is 1. The van der Waals surface area contributed by atoms with Crippen LogP contribution in [-0.2, 0) is 9.53 Å². The Morgan fingerprint density at radius 3 is 2.77 bits per heavy atom. The second-order valence-electron chi connectivity index (χ2n) is 5.79. The van der Waals surface area contributed by atoms with E-state index in [0.717, 1.165) is 0 Å². The first-order valence-electron chi connectivity index (χ1n) is 7.19. The zero-order valence-electron chi connectivity index (χ0n) is 12.9. The number of aliphatic hydroxyl groups is 2. The summed E-state index contributed by atoms with van der Waals surface area (Å²) in [5, 5.41) is 21.4. The van der Waals surface area contributed by atoms with Crippen LogP contribution in [0, 0.1) is 5.92 Å². The van der Waals surface area contributed by atoms with Gasteiger partial charge in [-0.1, -0.05) is 13.8 Å². The van der Waals surface area contributed by atoms with Crippen molar-refractivity contribution < 1.29 is 24.5 Å². The molecule has 2 aliphatic heterocycles. The van der Waals surface area contributed by atoms with Gasteiger partial charge in [0.1, 0.15) is 12.3 Å². The van der Waals surface area contributed by atoms with Crippen LogP contribution < -0.4 is 5.32 Å². The standard InChI is InChI=1S/C13H22N4O5/c1-7(2)11(20)14-12-15-13(21)17(6-16(12)3)10-4-8(19)9(5-18)22-10/h7-10,18-19H,4-6H2,1-3H3,(H,14,15,20,21)/t8?,9-,10-/m1/s1. The molecule has 3 atom stereocenters. The maximum atomic E-state index is 12.1. The summed E-state index contributed by atoms with van der Waals surface area (Å²) in [5.41, 5.74) is 0. The Hall–Kier alpha value is -1.71. The first-order chi connectivity index (χ1) is 10.3. The molecule has 0 spiro atoms. The third-order valence-electron chi connectivity index (χ3n) is 3.66. The number of carbonyl (C=O) groups is 2. The Morgan fingerprint density at radius 1 is 1.55 bits per heavy atom. The van der Waals surface area contributed by atoms with Gasteiger partial charge in [-0.05, 0) is 0 Å². The van der Waals surface area contributed by atoms with Crippen LogP contribution in [-0.4, -0.2) is 76.7 Å². The third kappa shape index (κ3) is 3.37. The second kappa shape index (κ2) is 6.59. The van der Waals surface area contributed by atoms with Gasteiger partial charge in [-0.2, -0.15) is 4.99 Å². The van der Waals surface area contributed by atoms with Crippen molar-refractivity contribution in [2.75, 3.05) is 20.3 Å². The first-order valence-corrected chi connectivity index (χ1v) is 7.19. The number of hydrogen-bond acceptors (Lipinski definition) is 6. The minimum absolute atomic E-state index is 0.172. The molecule has 1 fully saturated rings. The van der Waals surface area contributed by atoms with Crippen molar-refractivity contribution >= 4 is 17.9 Å². The molecular formula is C13H22N4O5. The fourth-order valence-electron chi connectivity index (χ4n) is 2.26. The van der Waals surface area contributed by atoms with Crippen molar-refractivity contribution in [2.45, 2.75) is 38.7 Å². The monoisotopic (exact) mass is 314 g/mol. The highest BCUT2D eigenvalue weighted by atomic mass is 16.5. The highest BCUT2D eigenvalue weighted by Gasteiger charge is 2.40. The van der Waals surface area contributed by atoms with Crippen LogP contribution in [0.2, 0.25) is 0 Å². The first kappa shape index (κ1) is 16.7. The predicted molar refractivity (Wildman–Crippen MR) is 76.7 cm³/mol. The Labute approximate surface area is 128 Å². The van der Waals surface area contributed by atoms with Crippen molar-refractivity contribution in [3.63, 3.8) is 0 Å². The number of guanidine groups is 1. The average Bonchev–Trinajstić information content (AvgIpc) is 2.83. The maximum Gasteiger partial charge on any atom is 0.350 e. The van der Waals surface area contributed by atoms with Crippen LogP contribution >= 0.6 is 0 Å². The van der Waals surface area contributed by atoms with Gasteiger partial charge in [-0.15, -0.1) is 0 Å². The fraction of sp³-hybridized carbons (Fsp3) is 0.769. The number of urea groups is 1. The quantitative estimate of drug-likeness (QED) is 0.610. The molecule has 0 bridgehead atoms. The zero-order chi connectivity index (χ0) is 16.4. The normalized spacial score (nSPS) is 29.1. The SMILES string of the molecule is CC(C)C(=O)NC1=NC(=O)N([C@H]2CC(O)[C@@H](CO)O2)CN1C. The molecule has 1 unspecified atom stereocenters. The number of nitrogens with zero attached hydrogens (tertiary/aromatic N) is 3. The van der Waals surface area contributed by atoms with E-state index in [-0.39, 0.29) is 37.5 Å². The number of hydrogen-bond donors (Lipinski definition) is 3. The van der Waals surface area contributed by atoms with Gasteiger partial charge in [0.25, 0.3) is 0 Å². The number of amides is 3. The topological polar surface area (TPSA) is 115 Å². The fourth-order valence-corrected chi connectivity index (χ4v) is 2.26. The molecule has 3 N–H and O–H groups in total. The van der Waals surface area contributed by atoms with Gasteiger partial charge < -0.3 is 19.8 Å². The molecule has 0 saturated carbocycles. The summed E-state index contributed by atoms with van der Waals surface area (Å²) < 4.78 is 5.46. The Morgan fingerprint density at radius 2 is 2.23 bits per heavy atom. The predicted octanol–water partition coefficient (Wildman–Crippen LogP) is -1.09. The van der Waals surface area contributed by atoms with Gasteiger partial charge in [0, 0.05) is 19.4 Å². The number of rotatable bonds is 3.